The van der Waals surface area contributed by atoms with Crippen LogP contribution in [0.2, 0.25) is 0 Å². The molecule has 4 atom stereocenters. The molecular formula is C24H40O5. The van der Waals surface area contributed by atoms with Crippen molar-refractivity contribution in [1.29, 1.82) is 0 Å². The molecular weight excluding hydrogens is 368 g/mol. The van der Waals surface area contributed by atoms with Crippen LogP contribution in [0, 0.1) is 17.3 Å². The van der Waals surface area contributed by atoms with Crippen molar-refractivity contribution in [2.45, 2.75) is 97.7 Å². The van der Waals surface area contributed by atoms with Crippen LogP contribution in [0.5, 0.6) is 0 Å². The van der Waals surface area contributed by atoms with Gasteiger partial charge in [0.1, 0.15) is 5.78 Å². The van der Waals surface area contributed by atoms with Gasteiger partial charge in [0.2, 0.25) is 0 Å². The second-order valence-electron chi connectivity index (χ2n) is 8.99. The Morgan fingerprint density at radius 1 is 1.28 bits per heavy atom. The van der Waals surface area contributed by atoms with Gasteiger partial charge >= 0.3 is 5.97 Å². The van der Waals surface area contributed by atoms with Crippen LogP contribution in [0.4, 0.5) is 0 Å². The normalized spacial score (nSPS) is 23.9. The number of esters is 1. The molecule has 1 aliphatic carbocycles. The van der Waals surface area contributed by atoms with E-state index < -0.39 is 12.2 Å². The number of hydrogen-bond donors (Lipinski definition) is 2. The van der Waals surface area contributed by atoms with Crippen LogP contribution in [-0.4, -0.2) is 34.2 Å². The summed E-state index contributed by atoms with van der Waals surface area (Å²) in [6.07, 6.45) is 13.0. The topological polar surface area (TPSA) is 83.8 Å². The van der Waals surface area contributed by atoms with Gasteiger partial charge in [0, 0.05) is 19.3 Å². The van der Waals surface area contributed by atoms with Gasteiger partial charge in [0.05, 0.1) is 18.5 Å². The van der Waals surface area contributed by atoms with Crippen LogP contribution >= 0.6 is 0 Å². The highest BCUT2D eigenvalue weighted by Gasteiger charge is 2.41. The number of unbranched alkanes of at least 4 members (excludes halogenated alkanes) is 2. The minimum atomic E-state index is -0.583. The number of aliphatic hydroxyl groups is 2. The molecule has 0 aliphatic heterocycles. The molecule has 0 spiro atoms. The zero-order valence-corrected chi connectivity index (χ0v) is 18.6. The van der Waals surface area contributed by atoms with Gasteiger partial charge in [-0.05, 0) is 55.9 Å². The number of hydrogen-bond acceptors (Lipinski definition) is 5. The van der Waals surface area contributed by atoms with E-state index in [1.807, 2.05) is 12.2 Å². The Kier molecular flexibility index (Phi) is 11.4. The van der Waals surface area contributed by atoms with E-state index in [0.717, 1.165) is 38.5 Å². The van der Waals surface area contributed by atoms with Crippen molar-refractivity contribution >= 4 is 11.8 Å². The van der Waals surface area contributed by atoms with Crippen molar-refractivity contribution in [3.05, 3.63) is 24.5 Å². The number of Topliss-reactive ketones (excluding diaryl/α,β-unsaturated/α-hetero) is 1. The molecule has 1 saturated carbocycles. The first-order chi connectivity index (χ1) is 13.7. The predicted molar refractivity (Wildman–Crippen MR) is 115 cm³/mol. The molecule has 0 heterocycles. The van der Waals surface area contributed by atoms with Gasteiger partial charge in [0.25, 0.3) is 0 Å². The molecule has 0 aromatic heterocycles. The summed E-state index contributed by atoms with van der Waals surface area (Å²) in [5, 5.41) is 21.0. The quantitative estimate of drug-likeness (QED) is 0.199. The molecule has 0 aromatic carbocycles. The van der Waals surface area contributed by atoms with Crippen LogP contribution in [0.15, 0.2) is 24.5 Å². The SMILES string of the molecule is CCCCC(C)(C)[C@H](O)CC[C@H]1[C@H](O)CC(=O)[C@@H]1CCC/C=C/C=C/OC(C)=O. The lowest BCUT2D eigenvalue weighted by Gasteiger charge is -2.32. The molecule has 0 radical (unpaired) electrons. The van der Waals surface area contributed by atoms with Crippen LogP contribution in [0.25, 0.3) is 0 Å². The summed E-state index contributed by atoms with van der Waals surface area (Å²) in [6.45, 7) is 7.70. The van der Waals surface area contributed by atoms with E-state index in [0.29, 0.717) is 12.8 Å². The van der Waals surface area contributed by atoms with Crippen molar-refractivity contribution in [2.24, 2.45) is 17.3 Å². The predicted octanol–water partition coefficient (Wildman–Crippen LogP) is 4.71. The second-order valence-corrected chi connectivity index (χ2v) is 8.99. The number of carbonyl (C=O) groups excluding carboxylic acids is 2. The Morgan fingerprint density at radius 3 is 2.66 bits per heavy atom. The monoisotopic (exact) mass is 408 g/mol. The van der Waals surface area contributed by atoms with Crippen molar-refractivity contribution in [1.82, 2.24) is 0 Å². The number of carbonyl (C=O) groups is 2. The first kappa shape index (κ1) is 25.6. The molecule has 0 amide bonds. The third-order valence-electron chi connectivity index (χ3n) is 6.13. The first-order valence-electron chi connectivity index (χ1n) is 11.1. The average molecular weight is 409 g/mol. The molecule has 1 aliphatic rings. The second kappa shape index (κ2) is 13.0. The Balaban J connectivity index is 2.46. The van der Waals surface area contributed by atoms with Gasteiger partial charge in [-0.25, -0.2) is 0 Å². The lowest BCUT2D eigenvalue weighted by atomic mass is 9.77. The summed E-state index contributed by atoms with van der Waals surface area (Å²) < 4.78 is 4.70. The van der Waals surface area contributed by atoms with Gasteiger partial charge in [-0.1, -0.05) is 45.8 Å². The van der Waals surface area contributed by atoms with Gasteiger partial charge in [-0.3, -0.25) is 9.59 Å². The van der Waals surface area contributed by atoms with Gasteiger partial charge in [0.15, 0.2) is 0 Å². The Labute approximate surface area is 176 Å². The highest BCUT2D eigenvalue weighted by atomic mass is 16.5. The van der Waals surface area contributed by atoms with Gasteiger partial charge < -0.3 is 14.9 Å². The third kappa shape index (κ3) is 9.26. The minimum Gasteiger partial charge on any atom is -0.435 e. The maximum atomic E-state index is 12.3. The maximum Gasteiger partial charge on any atom is 0.307 e. The smallest absolute Gasteiger partial charge is 0.307 e. The molecule has 1 fully saturated rings. The summed E-state index contributed by atoms with van der Waals surface area (Å²) in [4.78, 5) is 23.0. The number of aliphatic hydroxyl groups excluding tert-OH is 2. The van der Waals surface area contributed by atoms with E-state index in [1.54, 1.807) is 6.08 Å². The summed E-state index contributed by atoms with van der Waals surface area (Å²) >= 11 is 0. The lowest BCUT2D eigenvalue weighted by Crippen LogP contribution is -2.31. The highest BCUT2D eigenvalue weighted by molar-refractivity contribution is 5.84. The summed E-state index contributed by atoms with van der Waals surface area (Å²) in [6, 6.07) is 0. The molecule has 2 N–H and O–H groups in total. The summed E-state index contributed by atoms with van der Waals surface area (Å²) in [7, 11) is 0. The van der Waals surface area contributed by atoms with Crippen LogP contribution in [0.3, 0.4) is 0 Å². The van der Waals surface area contributed by atoms with E-state index in [-0.39, 0.29) is 35.4 Å². The Morgan fingerprint density at radius 2 is 2.00 bits per heavy atom. The van der Waals surface area contributed by atoms with E-state index in [1.165, 1.54) is 13.2 Å². The van der Waals surface area contributed by atoms with Crippen LogP contribution in [-0.2, 0) is 14.3 Å². The fraction of sp³-hybridized carbons (Fsp3) is 0.750. The van der Waals surface area contributed by atoms with Crippen molar-refractivity contribution in [3.63, 3.8) is 0 Å². The number of rotatable bonds is 13. The zero-order valence-electron chi connectivity index (χ0n) is 18.6. The van der Waals surface area contributed by atoms with Crippen molar-refractivity contribution in [2.75, 3.05) is 0 Å². The fourth-order valence-corrected chi connectivity index (χ4v) is 4.14. The zero-order chi connectivity index (χ0) is 21.9. The van der Waals surface area contributed by atoms with Crippen molar-refractivity contribution < 1.29 is 24.5 Å². The van der Waals surface area contributed by atoms with Crippen molar-refractivity contribution in [3.8, 4) is 0 Å². The number of allylic oxidation sites excluding steroid dienone is 3. The van der Waals surface area contributed by atoms with Gasteiger partial charge in [-0.15, -0.1) is 0 Å². The van der Waals surface area contributed by atoms with E-state index in [2.05, 4.69) is 20.8 Å². The molecule has 166 valence electrons. The van der Waals surface area contributed by atoms with E-state index >= 15 is 0 Å². The molecule has 0 bridgehead atoms. The molecule has 0 aromatic rings. The van der Waals surface area contributed by atoms with Crippen LogP contribution in [0.1, 0.15) is 85.5 Å². The highest BCUT2D eigenvalue weighted by Crippen LogP contribution is 2.38. The molecule has 5 heteroatoms. The number of ether oxygens (including phenoxy) is 1. The van der Waals surface area contributed by atoms with Crippen LogP contribution < -0.4 is 0 Å². The maximum absolute atomic E-state index is 12.3. The van der Waals surface area contributed by atoms with E-state index in [4.69, 9.17) is 4.74 Å². The largest absolute Gasteiger partial charge is 0.435 e. The van der Waals surface area contributed by atoms with Gasteiger partial charge in [-0.2, -0.15) is 0 Å². The minimum absolute atomic E-state index is 0.0491. The molecule has 1 rings (SSSR count). The lowest BCUT2D eigenvalue weighted by molar-refractivity contribution is -0.135. The fourth-order valence-electron chi connectivity index (χ4n) is 4.14. The first-order valence-corrected chi connectivity index (χ1v) is 11.1. The molecule has 5 nitrogen and oxygen atoms in total. The molecule has 0 unspecified atom stereocenters. The Bertz CT molecular complexity index is 564. The molecule has 0 saturated heterocycles. The Hall–Kier alpha value is -1.46. The summed E-state index contributed by atoms with van der Waals surface area (Å²) in [5.41, 5.74) is -0.135. The third-order valence-corrected chi connectivity index (χ3v) is 6.13. The van der Waals surface area contributed by atoms with E-state index in [9.17, 15) is 19.8 Å². The number of ketones is 1. The summed E-state index contributed by atoms with van der Waals surface area (Å²) in [5.74, 6) is -0.355. The standard InChI is InChI=1S/C24H40O5/c1-5-6-15-24(3,4)23(28)14-13-20-19(21(26)17-22(20)27)12-10-8-7-9-11-16-29-18(2)25/h7,9,11,16,19-20,22-23,27-28H,5-6,8,10,12-15,17H2,1-4H3/b9-7+,16-11+/t19-,20-,22-,23-/m1/s1. The average Bonchev–Trinajstić information content (AvgIpc) is 2.92. The molecule has 29 heavy (non-hydrogen) atoms.